The number of carbonyl (C=O) groups is 1. The van der Waals surface area contributed by atoms with Crippen molar-refractivity contribution in [1.29, 1.82) is 0 Å². The first-order valence-corrected chi connectivity index (χ1v) is 8.96. The number of rotatable bonds is 7. The average molecular weight is 350 g/mol. The van der Waals surface area contributed by atoms with Crippen LogP contribution in [0.3, 0.4) is 0 Å². The molecule has 0 bridgehead atoms. The van der Waals surface area contributed by atoms with Crippen LogP contribution in [0.15, 0.2) is 35.4 Å². The van der Waals surface area contributed by atoms with Gasteiger partial charge in [0.05, 0.1) is 5.75 Å². The number of carbonyl (C=O) groups excluding carboxylic acids is 1. The average Bonchev–Trinajstić information content (AvgIpc) is 2.53. The number of aryl methyl sites for hydroxylation is 1. The van der Waals surface area contributed by atoms with Gasteiger partial charge in [-0.15, -0.1) is 0 Å². The van der Waals surface area contributed by atoms with Crippen LogP contribution in [0.4, 0.5) is 0 Å². The summed E-state index contributed by atoms with van der Waals surface area (Å²) in [4.78, 5) is 20.8. The van der Waals surface area contributed by atoms with Crippen molar-refractivity contribution >= 4 is 29.3 Å². The summed E-state index contributed by atoms with van der Waals surface area (Å²) in [5.74, 6) is 1.04. The summed E-state index contributed by atoms with van der Waals surface area (Å²) in [5, 5.41) is 4.38. The molecule has 0 fully saturated rings. The molecule has 0 spiro atoms. The van der Waals surface area contributed by atoms with Gasteiger partial charge in [0.2, 0.25) is 5.91 Å². The monoisotopic (exact) mass is 349 g/mol. The van der Waals surface area contributed by atoms with Gasteiger partial charge in [0.15, 0.2) is 5.82 Å². The van der Waals surface area contributed by atoms with E-state index < -0.39 is 0 Å². The molecule has 1 N–H and O–H groups in total. The highest BCUT2D eigenvalue weighted by atomic mass is 35.5. The van der Waals surface area contributed by atoms with Crippen molar-refractivity contribution in [2.75, 3.05) is 12.3 Å². The van der Waals surface area contributed by atoms with E-state index in [1.165, 1.54) is 11.8 Å². The number of unbranched alkanes of at least 4 members (excludes halogenated alkanes) is 1. The number of thioether (sulfide) groups is 1. The fourth-order valence-corrected chi connectivity index (χ4v) is 2.85. The van der Waals surface area contributed by atoms with Gasteiger partial charge in [-0.1, -0.05) is 36.7 Å². The smallest absolute Gasteiger partial charge is 0.230 e. The molecule has 0 radical (unpaired) electrons. The van der Waals surface area contributed by atoms with Gasteiger partial charge in [0.1, 0.15) is 5.03 Å². The number of hydrogen-bond acceptors (Lipinski definition) is 4. The highest BCUT2D eigenvalue weighted by Crippen LogP contribution is 2.22. The largest absolute Gasteiger partial charge is 0.355 e. The Morgan fingerprint density at radius 2 is 2.00 bits per heavy atom. The van der Waals surface area contributed by atoms with Gasteiger partial charge in [-0.3, -0.25) is 4.79 Å². The topological polar surface area (TPSA) is 54.9 Å². The summed E-state index contributed by atoms with van der Waals surface area (Å²) in [7, 11) is 0. The van der Waals surface area contributed by atoms with Crippen LogP contribution in [0.2, 0.25) is 5.02 Å². The van der Waals surface area contributed by atoms with E-state index in [1.54, 1.807) is 0 Å². The molecule has 2 aromatic rings. The molecule has 1 amide bonds. The quantitative estimate of drug-likeness (QED) is 0.464. The molecule has 4 nitrogen and oxygen atoms in total. The van der Waals surface area contributed by atoms with Crippen molar-refractivity contribution in [1.82, 2.24) is 15.3 Å². The van der Waals surface area contributed by atoms with Crippen LogP contribution in [0.25, 0.3) is 11.4 Å². The zero-order valence-corrected chi connectivity index (χ0v) is 14.9. The van der Waals surface area contributed by atoms with Gasteiger partial charge in [-0.2, -0.15) is 0 Å². The molecule has 0 aliphatic heterocycles. The lowest BCUT2D eigenvalue weighted by atomic mass is 10.2. The summed E-state index contributed by atoms with van der Waals surface area (Å²) < 4.78 is 0. The SMILES string of the molecule is CCCCNC(=O)CSc1cc(C)nc(-c2ccc(Cl)cc2)n1. The van der Waals surface area contributed by atoms with Crippen molar-refractivity contribution in [2.45, 2.75) is 31.7 Å². The molecule has 0 aliphatic rings. The van der Waals surface area contributed by atoms with Crippen molar-refractivity contribution < 1.29 is 4.79 Å². The second-order valence-corrected chi connectivity index (χ2v) is 6.60. The van der Waals surface area contributed by atoms with Crippen LogP contribution in [0, 0.1) is 6.92 Å². The highest BCUT2D eigenvalue weighted by Gasteiger charge is 2.08. The summed E-state index contributed by atoms with van der Waals surface area (Å²) in [5.41, 5.74) is 1.78. The van der Waals surface area contributed by atoms with E-state index in [0.717, 1.165) is 35.7 Å². The second-order valence-electron chi connectivity index (χ2n) is 5.17. The fourth-order valence-electron chi connectivity index (χ4n) is 1.94. The van der Waals surface area contributed by atoms with E-state index in [9.17, 15) is 4.79 Å². The predicted molar refractivity (Wildman–Crippen MR) is 95.9 cm³/mol. The lowest BCUT2D eigenvalue weighted by molar-refractivity contribution is -0.118. The Balaban J connectivity index is 2.03. The summed E-state index contributed by atoms with van der Waals surface area (Å²) in [6.45, 7) is 4.75. The number of nitrogens with one attached hydrogen (secondary N) is 1. The first-order valence-electron chi connectivity index (χ1n) is 7.59. The van der Waals surface area contributed by atoms with Gasteiger partial charge in [-0.25, -0.2) is 9.97 Å². The Bertz CT molecular complexity index is 661. The molecule has 23 heavy (non-hydrogen) atoms. The summed E-state index contributed by atoms with van der Waals surface area (Å²) in [6.07, 6.45) is 2.08. The number of hydrogen-bond donors (Lipinski definition) is 1. The van der Waals surface area contributed by atoms with E-state index >= 15 is 0 Å². The molecule has 0 unspecified atom stereocenters. The van der Waals surface area contributed by atoms with E-state index in [2.05, 4.69) is 22.2 Å². The Morgan fingerprint density at radius 3 is 2.70 bits per heavy atom. The second kappa shape index (κ2) is 8.89. The summed E-state index contributed by atoms with van der Waals surface area (Å²) in [6, 6.07) is 9.31. The van der Waals surface area contributed by atoms with Crippen molar-refractivity contribution in [2.24, 2.45) is 0 Å². The molecule has 1 aromatic heterocycles. The Labute approximate surface area is 146 Å². The minimum atomic E-state index is 0.0350. The third kappa shape index (κ3) is 5.84. The normalized spacial score (nSPS) is 10.6. The molecule has 0 atom stereocenters. The fraction of sp³-hybridized carbons (Fsp3) is 0.353. The molecule has 0 aliphatic carbocycles. The molecule has 122 valence electrons. The molecule has 2 rings (SSSR count). The van der Waals surface area contributed by atoms with Crippen LogP contribution in [-0.2, 0) is 4.79 Å². The van der Waals surface area contributed by atoms with Crippen molar-refractivity contribution in [3.05, 3.63) is 41.0 Å². The first-order chi connectivity index (χ1) is 11.1. The van der Waals surface area contributed by atoms with Crippen molar-refractivity contribution in [3.8, 4) is 11.4 Å². The standard InChI is InChI=1S/C17H20ClN3OS/c1-3-4-9-19-15(22)11-23-16-10-12(2)20-17(21-16)13-5-7-14(18)8-6-13/h5-8,10H,3-4,9,11H2,1-2H3,(H,19,22). The van der Waals surface area contributed by atoms with Crippen LogP contribution in [0.5, 0.6) is 0 Å². The Morgan fingerprint density at radius 1 is 1.26 bits per heavy atom. The predicted octanol–water partition coefficient (Wildman–Crippen LogP) is 4.11. The van der Waals surface area contributed by atoms with Gasteiger partial charge in [0, 0.05) is 22.8 Å². The minimum absolute atomic E-state index is 0.0350. The molecule has 0 saturated heterocycles. The first kappa shape index (κ1) is 17.8. The molecule has 0 saturated carbocycles. The van der Waals surface area contributed by atoms with Gasteiger partial charge in [0.25, 0.3) is 0 Å². The number of aromatic nitrogens is 2. The van der Waals surface area contributed by atoms with E-state index in [1.807, 2.05) is 37.3 Å². The number of benzene rings is 1. The third-order valence-corrected chi connectivity index (χ3v) is 4.30. The maximum absolute atomic E-state index is 11.8. The van der Waals surface area contributed by atoms with Crippen LogP contribution >= 0.6 is 23.4 Å². The van der Waals surface area contributed by atoms with Gasteiger partial charge >= 0.3 is 0 Å². The minimum Gasteiger partial charge on any atom is -0.355 e. The van der Waals surface area contributed by atoms with Crippen molar-refractivity contribution in [3.63, 3.8) is 0 Å². The lowest BCUT2D eigenvalue weighted by Crippen LogP contribution is -2.26. The maximum atomic E-state index is 11.8. The molecule has 1 heterocycles. The van der Waals surface area contributed by atoms with E-state index in [4.69, 9.17) is 11.6 Å². The molecular weight excluding hydrogens is 330 g/mol. The maximum Gasteiger partial charge on any atom is 0.230 e. The van der Waals surface area contributed by atoms with Crippen LogP contribution in [-0.4, -0.2) is 28.2 Å². The lowest BCUT2D eigenvalue weighted by Gasteiger charge is -2.07. The molecular formula is C17H20ClN3OS. The highest BCUT2D eigenvalue weighted by molar-refractivity contribution is 7.99. The number of halogens is 1. The Hall–Kier alpha value is -1.59. The van der Waals surface area contributed by atoms with Gasteiger partial charge < -0.3 is 5.32 Å². The molecule has 6 heteroatoms. The van der Waals surface area contributed by atoms with Crippen LogP contribution in [0.1, 0.15) is 25.5 Å². The van der Waals surface area contributed by atoms with Crippen LogP contribution < -0.4 is 5.32 Å². The Kier molecular flexibility index (Phi) is 6.86. The number of nitrogens with zero attached hydrogens (tertiary/aromatic N) is 2. The number of amides is 1. The zero-order chi connectivity index (χ0) is 16.7. The van der Waals surface area contributed by atoms with E-state index in [0.29, 0.717) is 16.6 Å². The zero-order valence-electron chi connectivity index (χ0n) is 13.3. The summed E-state index contributed by atoms with van der Waals surface area (Å²) >= 11 is 7.33. The van der Waals surface area contributed by atoms with E-state index in [-0.39, 0.29) is 5.91 Å². The third-order valence-electron chi connectivity index (χ3n) is 3.14. The molecule has 1 aromatic carbocycles. The van der Waals surface area contributed by atoms with Gasteiger partial charge in [-0.05, 0) is 43.7 Å².